The molecule has 0 bridgehead atoms. The third-order valence-electron chi connectivity index (χ3n) is 4.28. The largest absolute Gasteiger partial charge is 0.486 e. The maximum Gasteiger partial charge on any atom is 0.416 e. The molecule has 2 aromatic rings. The first-order chi connectivity index (χ1) is 12.7. The van der Waals surface area contributed by atoms with Crippen molar-refractivity contribution in [2.45, 2.75) is 32.0 Å². The molecule has 1 saturated heterocycles. The molecule has 1 aromatic heterocycles. The molecule has 5 nitrogen and oxygen atoms in total. The highest BCUT2D eigenvalue weighted by Gasteiger charge is 2.32. The fourth-order valence-corrected chi connectivity index (χ4v) is 2.82. The lowest BCUT2D eigenvalue weighted by Crippen LogP contribution is -2.56. The lowest BCUT2D eigenvalue weighted by atomic mass is 10.1. The SMILES string of the molecule is Cc1cc(OC2CN(C(=O)CCc3ccc(C(F)(F)F)cc3)C2)cc(=O)o1. The minimum atomic E-state index is -4.36. The molecule has 1 aliphatic rings. The molecular formula is C19H18F3NO4. The molecule has 0 N–H and O–H groups in total. The van der Waals surface area contributed by atoms with Gasteiger partial charge in [-0.05, 0) is 31.0 Å². The topological polar surface area (TPSA) is 59.8 Å². The third kappa shape index (κ3) is 4.90. The van der Waals surface area contributed by atoms with Crippen molar-refractivity contribution in [2.75, 3.05) is 13.1 Å². The first-order valence-corrected chi connectivity index (χ1v) is 8.43. The summed E-state index contributed by atoms with van der Waals surface area (Å²) >= 11 is 0. The summed E-state index contributed by atoms with van der Waals surface area (Å²) in [5.74, 6) is 0.769. The van der Waals surface area contributed by atoms with Crippen molar-refractivity contribution in [3.8, 4) is 5.75 Å². The van der Waals surface area contributed by atoms with Gasteiger partial charge in [0.05, 0.1) is 24.7 Å². The second kappa shape index (κ2) is 7.46. The van der Waals surface area contributed by atoms with Gasteiger partial charge in [-0.1, -0.05) is 12.1 Å². The molecule has 0 unspecified atom stereocenters. The van der Waals surface area contributed by atoms with Crippen LogP contribution < -0.4 is 10.4 Å². The van der Waals surface area contributed by atoms with E-state index in [9.17, 15) is 22.8 Å². The van der Waals surface area contributed by atoms with Crippen LogP contribution in [0, 0.1) is 6.92 Å². The third-order valence-corrected chi connectivity index (χ3v) is 4.28. The quantitative estimate of drug-likeness (QED) is 0.798. The Labute approximate surface area is 153 Å². The number of carbonyl (C=O) groups excluding carboxylic acids is 1. The molecular weight excluding hydrogens is 363 g/mol. The maximum absolute atomic E-state index is 12.5. The number of aryl methyl sites for hydroxylation is 2. The molecule has 1 amide bonds. The van der Waals surface area contributed by atoms with E-state index in [-0.39, 0.29) is 18.4 Å². The highest BCUT2D eigenvalue weighted by Crippen LogP contribution is 2.29. The number of amides is 1. The van der Waals surface area contributed by atoms with Crippen LogP contribution in [0.1, 0.15) is 23.3 Å². The summed E-state index contributed by atoms with van der Waals surface area (Å²) in [5.41, 5.74) is -0.518. The fraction of sp³-hybridized carbons (Fsp3) is 0.368. The van der Waals surface area contributed by atoms with Crippen LogP contribution in [0.2, 0.25) is 0 Å². The lowest BCUT2D eigenvalue weighted by molar-refractivity contribution is -0.140. The average molecular weight is 381 g/mol. The fourth-order valence-electron chi connectivity index (χ4n) is 2.82. The lowest BCUT2D eigenvalue weighted by Gasteiger charge is -2.39. The summed E-state index contributed by atoms with van der Waals surface area (Å²) in [6.07, 6.45) is -3.97. The molecule has 0 radical (unpaired) electrons. The van der Waals surface area contributed by atoms with E-state index in [0.29, 0.717) is 36.6 Å². The van der Waals surface area contributed by atoms with Crippen LogP contribution in [0.3, 0.4) is 0 Å². The zero-order valence-corrected chi connectivity index (χ0v) is 14.6. The maximum atomic E-state index is 12.5. The van der Waals surface area contributed by atoms with Crippen molar-refractivity contribution in [2.24, 2.45) is 0 Å². The highest BCUT2D eigenvalue weighted by molar-refractivity contribution is 5.77. The van der Waals surface area contributed by atoms with Gasteiger partial charge in [0.15, 0.2) is 0 Å². The van der Waals surface area contributed by atoms with Gasteiger partial charge in [-0.3, -0.25) is 4.79 Å². The second-order valence-electron chi connectivity index (χ2n) is 6.46. The summed E-state index contributed by atoms with van der Waals surface area (Å²) in [4.78, 5) is 25.1. The van der Waals surface area contributed by atoms with Gasteiger partial charge in [0.1, 0.15) is 17.6 Å². The molecule has 1 aliphatic heterocycles. The average Bonchev–Trinajstić information content (AvgIpc) is 2.54. The van der Waals surface area contributed by atoms with E-state index in [1.54, 1.807) is 17.9 Å². The van der Waals surface area contributed by atoms with Gasteiger partial charge < -0.3 is 14.1 Å². The molecule has 0 spiro atoms. The van der Waals surface area contributed by atoms with Crippen molar-refractivity contribution in [1.82, 2.24) is 4.90 Å². The van der Waals surface area contributed by atoms with Gasteiger partial charge in [0.2, 0.25) is 5.91 Å². The summed E-state index contributed by atoms with van der Waals surface area (Å²) in [6.45, 7) is 2.46. The van der Waals surface area contributed by atoms with Crippen molar-refractivity contribution in [1.29, 1.82) is 0 Å². The number of hydrogen-bond donors (Lipinski definition) is 0. The molecule has 1 fully saturated rings. The minimum absolute atomic E-state index is 0.0847. The van der Waals surface area contributed by atoms with Gasteiger partial charge in [0.25, 0.3) is 0 Å². The Morgan fingerprint density at radius 2 is 1.89 bits per heavy atom. The van der Waals surface area contributed by atoms with Gasteiger partial charge in [-0.15, -0.1) is 0 Å². The number of carbonyl (C=O) groups is 1. The molecule has 3 rings (SSSR count). The number of rotatable bonds is 5. The number of likely N-dealkylation sites (tertiary alicyclic amines) is 1. The van der Waals surface area contributed by atoms with E-state index in [0.717, 1.165) is 12.1 Å². The Morgan fingerprint density at radius 3 is 2.48 bits per heavy atom. The predicted octanol–water partition coefficient (Wildman–Crippen LogP) is 3.19. The number of nitrogens with zero attached hydrogens (tertiary/aromatic N) is 1. The van der Waals surface area contributed by atoms with E-state index in [1.807, 2.05) is 0 Å². The van der Waals surface area contributed by atoms with Crippen LogP contribution in [0.15, 0.2) is 45.6 Å². The Morgan fingerprint density at radius 1 is 1.22 bits per heavy atom. The summed E-state index contributed by atoms with van der Waals surface area (Å²) < 4.78 is 48.1. The number of halogens is 3. The molecule has 27 heavy (non-hydrogen) atoms. The summed E-state index contributed by atoms with van der Waals surface area (Å²) in [5, 5.41) is 0. The van der Waals surface area contributed by atoms with E-state index >= 15 is 0 Å². The zero-order chi connectivity index (χ0) is 19.6. The molecule has 1 aromatic carbocycles. The van der Waals surface area contributed by atoms with Crippen LogP contribution in [0.4, 0.5) is 13.2 Å². The van der Waals surface area contributed by atoms with E-state index in [2.05, 4.69) is 0 Å². The predicted molar refractivity (Wildman–Crippen MR) is 90.5 cm³/mol. The first kappa shape index (κ1) is 19.0. The smallest absolute Gasteiger partial charge is 0.416 e. The van der Waals surface area contributed by atoms with Crippen molar-refractivity contribution in [3.63, 3.8) is 0 Å². The molecule has 0 saturated carbocycles. The molecule has 0 atom stereocenters. The van der Waals surface area contributed by atoms with Crippen molar-refractivity contribution < 1.29 is 27.1 Å². The van der Waals surface area contributed by atoms with Gasteiger partial charge in [-0.25, -0.2) is 4.79 Å². The Hall–Kier alpha value is -2.77. The van der Waals surface area contributed by atoms with Crippen molar-refractivity contribution >= 4 is 5.91 Å². The van der Waals surface area contributed by atoms with Crippen molar-refractivity contribution in [3.05, 3.63) is 63.7 Å². The van der Waals surface area contributed by atoms with Crippen LogP contribution >= 0.6 is 0 Å². The highest BCUT2D eigenvalue weighted by atomic mass is 19.4. The molecule has 0 aliphatic carbocycles. The van der Waals surface area contributed by atoms with E-state index in [4.69, 9.17) is 9.15 Å². The monoisotopic (exact) mass is 381 g/mol. The van der Waals surface area contributed by atoms with E-state index in [1.165, 1.54) is 18.2 Å². The number of hydrogen-bond acceptors (Lipinski definition) is 4. The minimum Gasteiger partial charge on any atom is -0.486 e. The standard InChI is InChI=1S/C19H18F3NO4/c1-12-8-15(9-18(25)26-12)27-16-10-23(11-16)17(24)7-4-13-2-5-14(6-3-13)19(20,21)22/h2-3,5-6,8-9,16H,4,7,10-11H2,1H3. The Kier molecular flexibility index (Phi) is 5.25. The number of benzene rings is 1. The second-order valence-corrected chi connectivity index (χ2v) is 6.46. The van der Waals surface area contributed by atoms with E-state index < -0.39 is 17.4 Å². The van der Waals surface area contributed by atoms with Crippen LogP contribution in [-0.2, 0) is 17.4 Å². The number of ether oxygens (including phenoxy) is 1. The Bertz CT molecular complexity index is 868. The molecule has 2 heterocycles. The van der Waals surface area contributed by atoms with Crippen LogP contribution in [-0.4, -0.2) is 30.0 Å². The first-order valence-electron chi connectivity index (χ1n) is 8.43. The summed E-state index contributed by atoms with van der Waals surface area (Å²) in [6, 6.07) is 7.68. The van der Waals surface area contributed by atoms with Crippen LogP contribution in [0.25, 0.3) is 0 Å². The van der Waals surface area contributed by atoms with Gasteiger partial charge in [-0.2, -0.15) is 13.2 Å². The summed E-state index contributed by atoms with van der Waals surface area (Å²) in [7, 11) is 0. The normalized spacial score (nSPS) is 14.7. The zero-order valence-electron chi connectivity index (χ0n) is 14.6. The van der Waals surface area contributed by atoms with Gasteiger partial charge in [0, 0.05) is 12.5 Å². The molecule has 8 heteroatoms. The number of alkyl halides is 3. The van der Waals surface area contributed by atoms with Crippen LogP contribution in [0.5, 0.6) is 5.75 Å². The molecule has 144 valence electrons. The van der Waals surface area contributed by atoms with Gasteiger partial charge >= 0.3 is 11.8 Å². The Balaban J connectivity index is 1.44.